The number of likely N-dealkylation sites (tertiary alicyclic amines) is 1. The maximum absolute atomic E-state index is 13.2. The van der Waals surface area contributed by atoms with Gasteiger partial charge >= 0.3 is 0 Å². The summed E-state index contributed by atoms with van der Waals surface area (Å²) in [6.45, 7) is 4.84. The number of aryl methyl sites for hydroxylation is 2. The van der Waals surface area contributed by atoms with Gasteiger partial charge in [-0.05, 0) is 70.2 Å². The van der Waals surface area contributed by atoms with Gasteiger partial charge in [-0.2, -0.15) is 0 Å². The molecule has 1 saturated heterocycles. The van der Waals surface area contributed by atoms with Gasteiger partial charge in [0, 0.05) is 12.7 Å². The minimum absolute atomic E-state index is 0.0136. The summed E-state index contributed by atoms with van der Waals surface area (Å²) in [4.78, 5) is 34.3. The summed E-state index contributed by atoms with van der Waals surface area (Å²) < 4.78 is 1.85. The van der Waals surface area contributed by atoms with E-state index >= 15 is 0 Å². The Morgan fingerprint density at radius 3 is 2.45 bits per heavy atom. The van der Waals surface area contributed by atoms with Crippen LogP contribution in [0.5, 0.6) is 5.75 Å². The van der Waals surface area contributed by atoms with Gasteiger partial charge in [0.2, 0.25) is 0 Å². The highest BCUT2D eigenvalue weighted by atomic mass is 16.3. The van der Waals surface area contributed by atoms with E-state index in [2.05, 4.69) is 4.98 Å². The third-order valence-electron chi connectivity index (χ3n) is 6.06. The number of rotatable bonds is 6. The molecule has 0 saturated carbocycles. The van der Waals surface area contributed by atoms with Gasteiger partial charge in [0.25, 0.3) is 11.7 Å². The molecule has 0 aliphatic carbocycles. The molecule has 1 amide bonds. The lowest BCUT2D eigenvalue weighted by molar-refractivity contribution is -0.139. The molecule has 1 aliphatic rings. The number of fused-ring (bicyclic) bond motifs is 1. The number of aliphatic hydroxyl groups is 1. The molecule has 3 heterocycles. The SMILES string of the molecule is Cc1cccn2c(C)c(/C(O)=C3\C(=O)C(=O)N(CCCN(C)C)C3c3ccc(O)cc3)nc12. The van der Waals surface area contributed by atoms with E-state index < -0.39 is 17.7 Å². The van der Waals surface area contributed by atoms with Crippen molar-refractivity contribution in [3.63, 3.8) is 0 Å². The van der Waals surface area contributed by atoms with Crippen molar-refractivity contribution in [3.05, 3.63) is 70.7 Å². The number of Topliss-reactive ketones (excluding diaryl/α,β-unsaturated/α-hetero) is 1. The van der Waals surface area contributed by atoms with Crippen molar-refractivity contribution in [1.82, 2.24) is 19.2 Å². The Morgan fingerprint density at radius 2 is 1.82 bits per heavy atom. The van der Waals surface area contributed by atoms with E-state index in [0.717, 1.165) is 12.1 Å². The fourth-order valence-corrected chi connectivity index (χ4v) is 4.35. The number of pyridine rings is 1. The summed E-state index contributed by atoms with van der Waals surface area (Å²) in [6.07, 6.45) is 2.51. The standard InChI is InChI=1S/C25H28N4O4/c1-15-7-5-13-28-16(2)20(26-24(15)28)22(31)19-21(17-8-10-18(30)11-9-17)29(25(33)23(19)32)14-6-12-27(3)4/h5,7-11,13,21,30-31H,6,12,14H2,1-4H3/b22-19+. The van der Waals surface area contributed by atoms with E-state index in [1.54, 1.807) is 12.1 Å². The van der Waals surface area contributed by atoms with Crippen LogP contribution in [0.2, 0.25) is 0 Å². The molecule has 8 heteroatoms. The smallest absolute Gasteiger partial charge is 0.295 e. The number of phenolic OH excluding ortho intramolecular Hbond substituents is 1. The van der Waals surface area contributed by atoms with Crippen LogP contribution in [0, 0.1) is 13.8 Å². The van der Waals surface area contributed by atoms with Crippen molar-refractivity contribution in [3.8, 4) is 5.75 Å². The van der Waals surface area contributed by atoms with E-state index in [1.165, 1.54) is 17.0 Å². The topological polar surface area (TPSA) is 98.4 Å². The minimum atomic E-state index is -0.766. The molecule has 1 aromatic carbocycles. The summed E-state index contributed by atoms with van der Waals surface area (Å²) in [5.74, 6) is -1.59. The Hall–Kier alpha value is -3.65. The molecule has 1 aliphatic heterocycles. The minimum Gasteiger partial charge on any atom is -0.508 e. The third-order valence-corrected chi connectivity index (χ3v) is 6.06. The van der Waals surface area contributed by atoms with Gasteiger partial charge in [-0.1, -0.05) is 18.2 Å². The number of carbonyl (C=O) groups is 2. The van der Waals surface area contributed by atoms with Gasteiger partial charge in [-0.15, -0.1) is 0 Å². The first-order valence-corrected chi connectivity index (χ1v) is 10.9. The number of aromatic hydroxyl groups is 1. The number of hydrogen-bond donors (Lipinski definition) is 2. The Kier molecular flexibility index (Phi) is 5.95. The number of ketones is 1. The number of benzene rings is 1. The molecular formula is C25H28N4O4. The first-order valence-electron chi connectivity index (χ1n) is 10.9. The van der Waals surface area contributed by atoms with Crippen molar-refractivity contribution < 1.29 is 19.8 Å². The number of aromatic nitrogens is 2. The zero-order valence-corrected chi connectivity index (χ0v) is 19.2. The summed E-state index contributed by atoms with van der Waals surface area (Å²) in [7, 11) is 3.89. The summed E-state index contributed by atoms with van der Waals surface area (Å²) in [6, 6.07) is 9.39. The van der Waals surface area contributed by atoms with Crippen molar-refractivity contribution in [2.45, 2.75) is 26.3 Å². The van der Waals surface area contributed by atoms with E-state index in [9.17, 15) is 19.8 Å². The second-order valence-electron chi connectivity index (χ2n) is 8.67. The summed E-state index contributed by atoms with van der Waals surface area (Å²) in [5, 5.41) is 21.1. The average molecular weight is 449 g/mol. The van der Waals surface area contributed by atoms with Crippen LogP contribution in [-0.2, 0) is 9.59 Å². The molecule has 2 N–H and O–H groups in total. The number of nitrogens with zero attached hydrogens (tertiary/aromatic N) is 4. The number of amides is 1. The molecule has 33 heavy (non-hydrogen) atoms. The second-order valence-corrected chi connectivity index (χ2v) is 8.67. The zero-order chi connectivity index (χ0) is 23.9. The average Bonchev–Trinajstić information content (AvgIpc) is 3.24. The van der Waals surface area contributed by atoms with Crippen LogP contribution >= 0.6 is 0 Å². The Bertz CT molecular complexity index is 1260. The van der Waals surface area contributed by atoms with E-state index in [1.807, 2.05) is 55.6 Å². The molecule has 1 atom stereocenters. The van der Waals surface area contributed by atoms with Crippen LogP contribution in [0.1, 0.15) is 35.0 Å². The van der Waals surface area contributed by atoms with Gasteiger partial charge in [-0.25, -0.2) is 4.98 Å². The first-order chi connectivity index (χ1) is 15.7. The fourth-order valence-electron chi connectivity index (χ4n) is 4.35. The molecule has 0 radical (unpaired) electrons. The van der Waals surface area contributed by atoms with Gasteiger partial charge < -0.3 is 24.4 Å². The highest BCUT2D eigenvalue weighted by Gasteiger charge is 2.46. The molecular weight excluding hydrogens is 420 g/mol. The van der Waals surface area contributed by atoms with Crippen LogP contribution in [0.25, 0.3) is 11.4 Å². The normalized spacial score (nSPS) is 18.1. The lowest BCUT2D eigenvalue weighted by atomic mass is 9.96. The second kappa shape index (κ2) is 8.71. The molecule has 2 aromatic heterocycles. The van der Waals surface area contributed by atoms with Crippen molar-refractivity contribution in [2.75, 3.05) is 27.2 Å². The first kappa shape index (κ1) is 22.5. The molecule has 0 bridgehead atoms. The van der Waals surface area contributed by atoms with Crippen LogP contribution < -0.4 is 0 Å². The van der Waals surface area contributed by atoms with Crippen LogP contribution in [0.4, 0.5) is 0 Å². The largest absolute Gasteiger partial charge is 0.508 e. The highest BCUT2D eigenvalue weighted by Crippen LogP contribution is 2.40. The predicted octanol–water partition coefficient (Wildman–Crippen LogP) is 3.03. The third kappa shape index (κ3) is 3.98. The summed E-state index contributed by atoms with van der Waals surface area (Å²) in [5.41, 5.74) is 3.21. The number of aliphatic hydroxyl groups excluding tert-OH is 1. The molecule has 172 valence electrons. The van der Waals surface area contributed by atoms with Gasteiger partial charge in [0.05, 0.1) is 17.3 Å². The Labute approximate surface area is 192 Å². The van der Waals surface area contributed by atoms with Crippen LogP contribution in [-0.4, -0.2) is 68.3 Å². The van der Waals surface area contributed by atoms with Gasteiger partial charge in [0.1, 0.15) is 17.1 Å². The maximum atomic E-state index is 13.2. The number of imidazole rings is 1. The van der Waals surface area contributed by atoms with Crippen molar-refractivity contribution in [2.24, 2.45) is 0 Å². The maximum Gasteiger partial charge on any atom is 0.295 e. The van der Waals surface area contributed by atoms with E-state index in [4.69, 9.17) is 0 Å². The van der Waals surface area contributed by atoms with Crippen LogP contribution in [0.15, 0.2) is 48.2 Å². The van der Waals surface area contributed by atoms with Crippen molar-refractivity contribution >= 4 is 23.1 Å². The molecule has 3 aromatic rings. The highest BCUT2D eigenvalue weighted by molar-refractivity contribution is 6.46. The predicted molar refractivity (Wildman–Crippen MR) is 125 cm³/mol. The molecule has 1 fully saturated rings. The number of phenols is 1. The van der Waals surface area contributed by atoms with Gasteiger partial charge in [-0.3, -0.25) is 9.59 Å². The Morgan fingerprint density at radius 1 is 1.12 bits per heavy atom. The monoisotopic (exact) mass is 448 g/mol. The van der Waals surface area contributed by atoms with Crippen molar-refractivity contribution in [1.29, 1.82) is 0 Å². The molecule has 8 nitrogen and oxygen atoms in total. The molecule has 0 spiro atoms. The summed E-state index contributed by atoms with van der Waals surface area (Å²) >= 11 is 0. The quantitative estimate of drug-likeness (QED) is 0.342. The molecule has 1 unspecified atom stereocenters. The zero-order valence-electron chi connectivity index (χ0n) is 19.2. The van der Waals surface area contributed by atoms with E-state index in [0.29, 0.717) is 29.9 Å². The molecule has 4 rings (SSSR count). The van der Waals surface area contributed by atoms with Crippen LogP contribution in [0.3, 0.4) is 0 Å². The lowest BCUT2D eigenvalue weighted by Crippen LogP contribution is -2.32. The lowest BCUT2D eigenvalue weighted by Gasteiger charge is -2.25. The Balaban J connectivity index is 1.87. The number of carbonyl (C=O) groups excluding carboxylic acids is 2. The van der Waals surface area contributed by atoms with Gasteiger partial charge in [0.15, 0.2) is 5.76 Å². The fraction of sp³-hybridized carbons (Fsp3) is 0.320. The number of hydrogen-bond acceptors (Lipinski definition) is 6. The van der Waals surface area contributed by atoms with E-state index in [-0.39, 0.29) is 22.8 Å².